The molecule has 2 amide bonds. The van der Waals surface area contributed by atoms with Crippen LogP contribution in [0.3, 0.4) is 0 Å². The van der Waals surface area contributed by atoms with Crippen molar-refractivity contribution >= 4 is 12.0 Å². The largest absolute Gasteiger partial charge is 0.447 e. The van der Waals surface area contributed by atoms with Crippen molar-refractivity contribution in [1.82, 2.24) is 4.90 Å². The fourth-order valence-corrected chi connectivity index (χ4v) is 3.15. The van der Waals surface area contributed by atoms with Crippen LogP contribution in [0.5, 0.6) is 0 Å². The van der Waals surface area contributed by atoms with E-state index >= 15 is 0 Å². The van der Waals surface area contributed by atoms with Crippen molar-refractivity contribution in [2.75, 3.05) is 13.2 Å². The number of cyclic esters (lactones) is 1. The molecule has 0 unspecified atom stereocenters. The first-order chi connectivity index (χ1) is 13.1. The lowest BCUT2D eigenvalue weighted by Gasteiger charge is -2.23. The van der Waals surface area contributed by atoms with Gasteiger partial charge in [0.2, 0.25) is 5.91 Å². The molecule has 27 heavy (non-hydrogen) atoms. The van der Waals surface area contributed by atoms with E-state index in [1.54, 1.807) is 0 Å². The second-order valence-electron chi connectivity index (χ2n) is 6.86. The molecule has 0 saturated carbocycles. The lowest BCUT2D eigenvalue weighted by atomic mass is 10.0. The van der Waals surface area contributed by atoms with Gasteiger partial charge in [0.15, 0.2) is 0 Å². The Morgan fingerprint density at radius 3 is 2.41 bits per heavy atom. The number of carbonyl (C=O) groups excluding carboxylic acids is 2. The zero-order chi connectivity index (χ0) is 19.1. The molecule has 1 fully saturated rings. The third kappa shape index (κ3) is 5.17. The molecule has 1 aliphatic heterocycles. The normalized spacial score (nSPS) is 17.6. The Hall–Kier alpha value is -2.66. The molecule has 2 aromatic rings. The number of hydrogen-bond acceptors (Lipinski definition) is 4. The van der Waals surface area contributed by atoms with Gasteiger partial charge in [0.05, 0.1) is 12.6 Å². The van der Waals surface area contributed by atoms with Crippen LogP contribution in [0.1, 0.15) is 24.5 Å². The third-order valence-corrected chi connectivity index (χ3v) is 4.74. The van der Waals surface area contributed by atoms with Crippen LogP contribution in [0.15, 0.2) is 60.7 Å². The summed E-state index contributed by atoms with van der Waals surface area (Å²) in [4.78, 5) is 26.2. The smallest absolute Gasteiger partial charge is 0.416 e. The Bertz CT molecular complexity index is 747. The van der Waals surface area contributed by atoms with Gasteiger partial charge in [0, 0.05) is 12.5 Å². The molecule has 0 spiro atoms. The van der Waals surface area contributed by atoms with Gasteiger partial charge in [-0.25, -0.2) is 9.69 Å². The second kappa shape index (κ2) is 9.33. The molecule has 1 saturated heterocycles. The van der Waals surface area contributed by atoms with E-state index in [0.717, 1.165) is 11.1 Å². The van der Waals surface area contributed by atoms with Crippen molar-refractivity contribution in [1.29, 1.82) is 0 Å². The summed E-state index contributed by atoms with van der Waals surface area (Å²) >= 11 is 0. The third-order valence-electron chi connectivity index (χ3n) is 4.74. The minimum atomic E-state index is -0.544. The van der Waals surface area contributed by atoms with Crippen LogP contribution < -0.4 is 0 Å². The molecule has 0 bridgehead atoms. The summed E-state index contributed by atoms with van der Waals surface area (Å²) in [7, 11) is 0. The number of rotatable bonds is 8. The quantitative estimate of drug-likeness (QED) is 0.666. The molecule has 3 rings (SSSR count). The van der Waals surface area contributed by atoms with E-state index in [1.165, 1.54) is 4.90 Å². The van der Waals surface area contributed by atoms with Crippen LogP contribution in [0.2, 0.25) is 0 Å². The van der Waals surface area contributed by atoms with Gasteiger partial charge in [0.25, 0.3) is 0 Å². The summed E-state index contributed by atoms with van der Waals surface area (Å²) in [6.45, 7) is 3.06. The fourth-order valence-electron chi connectivity index (χ4n) is 3.15. The monoisotopic (exact) mass is 367 g/mol. The predicted octanol–water partition coefficient (Wildman–Crippen LogP) is 3.82. The average Bonchev–Trinajstić information content (AvgIpc) is 3.06. The second-order valence-corrected chi connectivity index (χ2v) is 6.86. The standard InChI is InChI=1S/C22H25NO4/c1-17(12-13-26-15-19-10-6-3-7-11-19)21(24)23-20(16-27-22(23)25)14-18-8-4-2-5-9-18/h2-11,17,20H,12-16H2,1H3/t17-,20-/m0/s1. The zero-order valence-electron chi connectivity index (χ0n) is 15.5. The molecule has 0 aliphatic carbocycles. The van der Waals surface area contributed by atoms with Crippen molar-refractivity contribution in [3.63, 3.8) is 0 Å². The highest BCUT2D eigenvalue weighted by Gasteiger charge is 2.39. The zero-order valence-corrected chi connectivity index (χ0v) is 15.5. The molecule has 5 nitrogen and oxygen atoms in total. The number of carbonyl (C=O) groups is 2. The van der Waals surface area contributed by atoms with Crippen molar-refractivity contribution in [3.05, 3.63) is 71.8 Å². The number of imide groups is 1. The lowest BCUT2D eigenvalue weighted by molar-refractivity contribution is -0.133. The maximum Gasteiger partial charge on any atom is 0.416 e. The summed E-state index contributed by atoms with van der Waals surface area (Å²) in [5, 5.41) is 0. The van der Waals surface area contributed by atoms with Gasteiger partial charge in [-0.2, -0.15) is 0 Å². The van der Waals surface area contributed by atoms with Gasteiger partial charge in [-0.3, -0.25) is 4.79 Å². The number of hydrogen-bond donors (Lipinski definition) is 0. The van der Waals surface area contributed by atoms with E-state index < -0.39 is 6.09 Å². The molecular weight excluding hydrogens is 342 g/mol. The van der Waals surface area contributed by atoms with Crippen molar-refractivity contribution in [2.24, 2.45) is 5.92 Å². The molecular formula is C22H25NO4. The Labute approximate surface area is 159 Å². The predicted molar refractivity (Wildman–Crippen MR) is 102 cm³/mol. The Kier molecular flexibility index (Phi) is 6.60. The number of nitrogens with zero attached hydrogens (tertiary/aromatic N) is 1. The number of ether oxygens (including phenoxy) is 2. The van der Waals surface area contributed by atoms with Gasteiger partial charge in [-0.05, 0) is 24.0 Å². The van der Waals surface area contributed by atoms with Gasteiger partial charge < -0.3 is 9.47 Å². The minimum absolute atomic E-state index is 0.193. The molecule has 1 aliphatic rings. The van der Waals surface area contributed by atoms with E-state index in [-0.39, 0.29) is 24.5 Å². The van der Waals surface area contributed by atoms with Crippen molar-refractivity contribution < 1.29 is 19.1 Å². The van der Waals surface area contributed by atoms with Crippen LogP contribution in [-0.4, -0.2) is 36.2 Å². The summed E-state index contributed by atoms with van der Waals surface area (Å²) < 4.78 is 10.8. The fraction of sp³-hybridized carbons (Fsp3) is 0.364. The average molecular weight is 367 g/mol. The Morgan fingerprint density at radius 2 is 1.74 bits per heavy atom. The summed E-state index contributed by atoms with van der Waals surface area (Å²) in [6.07, 6.45) is 0.626. The van der Waals surface area contributed by atoms with Crippen LogP contribution in [0.4, 0.5) is 4.79 Å². The topological polar surface area (TPSA) is 55.8 Å². The molecule has 142 valence electrons. The molecule has 2 atom stereocenters. The summed E-state index contributed by atoms with van der Waals surface area (Å²) in [6, 6.07) is 19.5. The summed E-state index contributed by atoms with van der Waals surface area (Å²) in [5.41, 5.74) is 2.18. The first-order valence-electron chi connectivity index (χ1n) is 9.30. The van der Waals surface area contributed by atoms with Crippen molar-refractivity contribution in [3.8, 4) is 0 Å². The number of benzene rings is 2. The van der Waals surface area contributed by atoms with Crippen LogP contribution in [0, 0.1) is 5.92 Å². The first kappa shape index (κ1) is 19.1. The SMILES string of the molecule is C[C@@H](CCOCc1ccccc1)C(=O)N1C(=O)OC[C@@H]1Cc1ccccc1. The van der Waals surface area contributed by atoms with E-state index in [4.69, 9.17) is 9.47 Å². The minimum Gasteiger partial charge on any atom is -0.447 e. The maximum atomic E-state index is 12.8. The molecule has 5 heteroatoms. The van der Waals surface area contributed by atoms with Crippen LogP contribution >= 0.6 is 0 Å². The molecule has 1 heterocycles. The van der Waals surface area contributed by atoms with Crippen LogP contribution in [-0.2, 0) is 27.3 Å². The Balaban J connectivity index is 1.50. The molecule has 0 N–H and O–H groups in total. The molecule has 0 radical (unpaired) electrons. The highest BCUT2D eigenvalue weighted by atomic mass is 16.6. The maximum absolute atomic E-state index is 12.8. The highest BCUT2D eigenvalue weighted by molar-refractivity contribution is 5.94. The van der Waals surface area contributed by atoms with E-state index in [1.807, 2.05) is 67.6 Å². The molecule has 0 aromatic heterocycles. The van der Waals surface area contributed by atoms with E-state index in [9.17, 15) is 9.59 Å². The van der Waals surface area contributed by atoms with Crippen LogP contribution in [0.25, 0.3) is 0 Å². The first-order valence-corrected chi connectivity index (χ1v) is 9.30. The van der Waals surface area contributed by atoms with E-state index in [0.29, 0.717) is 26.1 Å². The van der Waals surface area contributed by atoms with Gasteiger partial charge >= 0.3 is 6.09 Å². The Morgan fingerprint density at radius 1 is 1.11 bits per heavy atom. The molecule has 2 aromatic carbocycles. The van der Waals surface area contributed by atoms with Gasteiger partial charge in [-0.15, -0.1) is 0 Å². The van der Waals surface area contributed by atoms with E-state index in [2.05, 4.69) is 0 Å². The highest BCUT2D eigenvalue weighted by Crippen LogP contribution is 2.21. The van der Waals surface area contributed by atoms with Gasteiger partial charge in [0.1, 0.15) is 6.61 Å². The number of amides is 2. The lowest BCUT2D eigenvalue weighted by Crippen LogP contribution is -2.43. The van der Waals surface area contributed by atoms with Gasteiger partial charge in [-0.1, -0.05) is 67.6 Å². The summed E-state index contributed by atoms with van der Waals surface area (Å²) in [5.74, 6) is -0.494. The van der Waals surface area contributed by atoms with Crippen molar-refractivity contribution in [2.45, 2.75) is 32.4 Å².